The van der Waals surface area contributed by atoms with E-state index < -0.39 is 21.8 Å². The molecule has 1 aromatic carbocycles. The maximum atomic E-state index is 12.6. The third-order valence-corrected chi connectivity index (χ3v) is 6.91. The first-order valence-corrected chi connectivity index (χ1v) is 11.3. The molecule has 1 aromatic rings. The van der Waals surface area contributed by atoms with Crippen LogP contribution in [0.25, 0.3) is 0 Å². The number of nitrogens with zero attached hydrogens (tertiary/aromatic N) is 1. The van der Waals surface area contributed by atoms with E-state index in [0.29, 0.717) is 24.1 Å². The molecule has 28 heavy (non-hydrogen) atoms. The molecule has 2 heterocycles. The molecule has 158 valence electrons. The number of benzene rings is 1. The Hall–Kier alpha value is -1.16. The molecule has 0 bridgehead atoms. The molecule has 0 radical (unpaired) electrons. The highest BCUT2D eigenvalue weighted by molar-refractivity contribution is 7.88. The maximum Gasteiger partial charge on any atom is 0.416 e. The van der Waals surface area contributed by atoms with Crippen LogP contribution in [0.5, 0.6) is 0 Å². The van der Waals surface area contributed by atoms with Crippen molar-refractivity contribution in [3.8, 4) is 0 Å². The van der Waals surface area contributed by atoms with Crippen molar-refractivity contribution in [2.24, 2.45) is 5.92 Å². The smallest absolute Gasteiger partial charge is 0.381 e. The fraction of sp³-hybridized carbons (Fsp3) is 0.684. The molecule has 0 saturated carbocycles. The first kappa shape index (κ1) is 21.5. The Morgan fingerprint density at radius 2 is 1.64 bits per heavy atom. The van der Waals surface area contributed by atoms with E-state index >= 15 is 0 Å². The van der Waals surface area contributed by atoms with E-state index in [1.165, 1.54) is 12.1 Å². The Balaban J connectivity index is 1.44. The number of ether oxygens (including phenoxy) is 1. The van der Waals surface area contributed by atoms with Crippen molar-refractivity contribution in [2.45, 2.75) is 43.7 Å². The summed E-state index contributed by atoms with van der Waals surface area (Å²) in [6, 6.07) is 4.84. The highest BCUT2D eigenvalue weighted by Gasteiger charge is 2.30. The predicted molar refractivity (Wildman–Crippen MR) is 100 cm³/mol. The summed E-state index contributed by atoms with van der Waals surface area (Å²) in [5.74, 6) is -0.0232. The van der Waals surface area contributed by atoms with Crippen LogP contribution in [-0.4, -0.2) is 52.2 Å². The molecule has 2 saturated heterocycles. The van der Waals surface area contributed by atoms with E-state index in [9.17, 15) is 21.6 Å². The highest BCUT2D eigenvalue weighted by Crippen LogP contribution is 2.29. The van der Waals surface area contributed by atoms with E-state index in [1.807, 2.05) is 0 Å². The SMILES string of the molecule is O=S(=O)(Cc1ccc(C(F)(F)F)cc1)NCC1CCN(C2CCOCC2)CC1. The minimum absolute atomic E-state index is 0.290. The van der Waals surface area contributed by atoms with E-state index in [4.69, 9.17) is 4.74 Å². The van der Waals surface area contributed by atoms with Gasteiger partial charge in [-0.3, -0.25) is 0 Å². The highest BCUT2D eigenvalue weighted by atomic mass is 32.2. The van der Waals surface area contributed by atoms with Gasteiger partial charge in [0.15, 0.2) is 0 Å². The average molecular weight is 420 g/mol. The van der Waals surface area contributed by atoms with Crippen LogP contribution in [0.2, 0.25) is 0 Å². The van der Waals surface area contributed by atoms with Gasteiger partial charge in [0.25, 0.3) is 0 Å². The zero-order chi connectivity index (χ0) is 20.2. The molecule has 2 aliphatic heterocycles. The first-order valence-electron chi connectivity index (χ1n) is 9.68. The third kappa shape index (κ3) is 6.17. The van der Waals surface area contributed by atoms with Crippen molar-refractivity contribution in [3.05, 3.63) is 35.4 Å². The zero-order valence-corrected chi connectivity index (χ0v) is 16.6. The lowest BCUT2D eigenvalue weighted by molar-refractivity contribution is -0.137. The van der Waals surface area contributed by atoms with Crippen LogP contribution in [0.4, 0.5) is 13.2 Å². The number of sulfonamides is 1. The first-order chi connectivity index (χ1) is 13.2. The van der Waals surface area contributed by atoms with Gasteiger partial charge in [0.2, 0.25) is 10.0 Å². The summed E-state index contributed by atoms with van der Waals surface area (Å²) in [7, 11) is -3.58. The zero-order valence-electron chi connectivity index (χ0n) is 15.7. The molecule has 1 N–H and O–H groups in total. The van der Waals surface area contributed by atoms with E-state index in [2.05, 4.69) is 9.62 Å². The van der Waals surface area contributed by atoms with Crippen LogP contribution in [0.1, 0.15) is 36.8 Å². The molecule has 2 aliphatic rings. The fourth-order valence-corrected chi connectivity index (χ4v) is 5.10. The maximum absolute atomic E-state index is 12.6. The number of piperidine rings is 1. The van der Waals surface area contributed by atoms with Gasteiger partial charge < -0.3 is 9.64 Å². The Morgan fingerprint density at radius 1 is 1.04 bits per heavy atom. The summed E-state index contributed by atoms with van der Waals surface area (Å²) in [6.45, 7) is 3.94. The van der Waals surface area contributed by atoms with Crippen LogP contribution in [-0.2, 0) is 26.7 Å². The molecule has 5 nitrogen and oxygen atoms in total. The molecule has 0 unspecified atom stereocenters. The van der Waals surface area contributed by atoms with Gasteiger partial charge in [-0.2, -0.15) is 13.2 Å². The average Bonchev–Trinajstić information content (AvgIpc) is 2.67. The van der Waals surface area contributed by atoms with Crippen LogP contribution in [0.3, 0.4) is 0 Å². The van der Waals surface area contributed by atoms with E-state index in [1.54, 1.807) is 0 Å². The van der Waals surface area contributed by atoms with Crippen LogP contribution >= 0.6 is 0 Å². The lowest BCUT2D eigenvalue weighted by Gasteiger charge is -2.39. The molecular weight excluding hydrogens is 393 g/mol. The molecule has 0 aliphatic carbocycles. The third-order valence-electron chi connectivity index (χ3n) is 5.59. The minimum atomic E-state index is -4.42. The number of hydrogen-bond acceptors (Lipinski definition) is 4. The fourth-order valence-electron chi connectivity index (χ4n) is 3.88. The summed E-state index contributed by atoms with van der Waals surface area (Å²) >= 11 is 0. The molecule has 2 fully saturated rings. The van der Waals surface area contributed by atoms with Crippen molar-refractivity contribution in [3.63, 3.8) is 0 Å². The number of alkyl halides is 3. The monoisotopic (exact) mass is 420 g/mol. The number of rotatable bonds is 6. The van der Waals surface area contributed by atoms with Gasteiger partial charge in [0.05, 0.1) is 11.3 Å². The van der Waals surface area contributed by atoms with Crippen LogP contribution < -0.4 is 4.72 Å². The van der Waals surface area contributed by atoms with Gasteiger partial charge in [-0.15, -0.1) is 0 Å². The number of nitrogens with one attached hydrogen (secondary N) is 1. The number of hydrogen-bond donors (Lipinski definition) is 1. The van der Waals surface area contributed by atoms with Crippen molar-refractivity contribution in [1.29, 1.82) is 0 Å². The molecule has 0 aromatic heterocycles. The summed E-state index contributed by atoms with van der Waals surface area (Å²) in [4.78, 5) is 2.48. The summed E-state index contributed by atoms with van der Waals surface area (Å²) in [5, 5.41) is 0. The number of likely N-dealkylation sites (tertiary alicyclic amines) is 1. The standard InChI is InChI=1S/C19H27F3N2O3S/c20-19(21,22)17-3-1-16(2-4-17)14-28(25,26)23-13-15-5-9-24(10-6-15)18-7-11-27-12-8-18/h1-4,15,18,23H,5-14H2. The van der Waals surface area contributed by atoms with Crippen molar-refractivity contribution >= 4 is 10.0 Å². The normalized spacial score (nSPS) is 21.1. The molecular formula is C19H27F3N2O3S. The largest absolute Gasteiger partial charge is 0.416 e. The van der Waals surface area contributed by atoms with Crippen LogP contribution in [0, 0.1) is 5.92 Å². The molecule has 0 amide bonds. The summed E-state index contributed by atoms with van der Waals surface area (Å²) in [5.41, 5.74) is -0.437. The van der Waals surface area contributed by atoms with Gasteiger partial charge >= 0.3 is 6.18 Å². The lowest BCUT2D eigenvalue weighted by Crippen LogP contribution is -2.45. The Kier molecular flexibility index (Phi) is 7.01. The van der Waals surface area contributed by atoms with Gasteiger partial charge in [-0.05, 0) is 62.4 Å². The van der Waals surface area contributed by atoms with Gasteiger partial charge in [0, 0.05) is 25.8 Å². The molecule has 0 spiro atoms. The quantitative estimate of drug-likeness (QED) is 0.769. The van der Waals surface area contributed by atoms with Crippen molar-refractivity contribution in [2.75, 3.05) is 32.8 Å². The molecule has 0 atom stereocenters. The van der Waals surface area contributed by atoms with E-state index in [0.717, 1.165) is 64.1 Å². The second-order valence-corrected chi connectivity index (χ2v) is 9.43. The second kappa shape index (κ2) is 9.11. The summed E-state index contributed by atoms with van der Waals surface area (Å²) in [6.07, 6.45) is -0.412. The molecule has 3 rings (SSSR count). The van der Waals surface area contributed by atoms with E-state index in [-0.39, 0.29) is 5.75 Å². The van der Waals surface area contributed by atoms with Gasteiger partial charge in [-0.25, -0.2) is 13.1 Å². The topological polar surface area (TPSA) is 58.6 Å². The summed E-state index contributed by atoms with van der Waals surface area (Å²) < 4.78 is 70.4. The molecule has 9 heteroatoms. The van der Waals surface area contributed by atoms with Gasteiger partial charge in [0.1, 0.15) is 0 Å². The lowest BCUT2D eigenvalue weighted by atomic mass is 9.94. The Bertz CT molecular complexity index is 724. The second-order valence-electron chi connectivity index (χ2n) is 7.63. The predicted octanol–water partition coefficient (Wildman–Crippen LogP) is 3.02. The number of halogens is 3. The Morgan fingerprint density at radius 3 is 2.21 bits per heavy atom. The van der Waals surface area contributed by atoms with Gasteiger partial charge in [-0.1, -0.05) is 12.1 Å². The van der Waals surface area contributed by atoms with Crippen LogP contribution in [0.15, 0.2) is 24.3 Å². The minimum Gasteiger partial charge on any atom is -0.381 e. The Labute approximate surface area is 164 Å². The van der Waals surface area contributed by atoms with Crippen molar-refractivity contribution < 1.29 is 26.3 Å². The van der Waals surface area contributed by atoms with Crippen molar-refractivity contribution in [1.82, 2.24) is 9.62 Å².